The Bertz CT molecular complexity index is 517. The molecule has 0 bridgehead atoms. The highest BCUT2D eigenvalue weighted by molar-refractivity contribution is 5.85. The molecule has 0 aromatic carbocycles. The Kier molecular flexibility index (Phi) is 6.75. The van der Waals surface area contributed by atoms with E-state index in [9.17, 15) is 0 Å². The highest BCUT2D eigenvalue weighted by Gasteiger charge is 2.04. The first-order valence-electron chi connectivity index (χ1n) is 6.98. The number of aromatic nitrogens is 4. The fraction of sp³-hybridized carbons (Fsp3) is 0.571. The van der Waals surface area contributed by atoms with Gasteiger partial charge in [0.1, 0.15) is 0 Å². The van der Waals surface area contributed by atoms with Gasteiger partial charge in [-0.2, -0.15) is 10.2 Å². The molecule has 5 nitrogen and oxygen atoms in total. The first-order valence-corrected chi connectivity index (χ1v) is 6.98. The Morgan fingerprint density at radius 1 is 1.25 bits per heavy atom. The summed E-state index contributed by atoms with van der Waals surface area (Å²) in [7, 11) is 0. The number of hydrogen-bond acceptors (Lipinski definition) is 3. The zero-order chi connectivity index (χ0) is 13.7. The monoisotopic (exact) mass is 297 g/mol. The smallest absolute Gasteiger partial charge is 0.0597 e. The van der Waals surface area contributed by atoms with Gasteiger partial charge in [0.05, 0.1) is 17.6 Å². The maximum Gasteiger partial charge on any atom is 0.0597 e. The zero-order valence-electron chi connectivity index (χ0n) is 12.5. The van der Waals surface area contributed by atoms with Gasteiger partial charge in [0.2, 0.25) is 0 Å². The van der Waals surface area contributed by atoms with E-state index in [4.69, 9.17) is 0 Å². The lowest BCUT2D eigenvalue weighted by molar-refractivity contribution is 0.547. The molecule has 0 saturated carbocycles. The molecule has 0 atom stereocenters. The number of nitrogens with zero attached hydrogens (tertiary/aromatic N) is 4. The summed E-state index contributed by atoms with van der Waals surface area (Å²) in [6.07, 6.45) is 5.12. The van der Waals surface area contributed by atoms with Crippen molar-refractivity contribution in [1.29, 1.82) is 0 Å². The molecule has 1 N–H and O–H groups in total. The van der Waals surface area contributed by atoms with E-state index in [1.54, 1.807) is 0 Å². The number of nitrogens with one attached hydrogen (secondary N) is 1. The van der Waals surface area contributed by atoms with E-state index < -0.39 is 0 Å². The van der Waals surface area contributed by atoms with E-state index in [-0.39, 0.29) is 12.4 Å². The Balaban J connectivity index is 0.00000200. The van der Waals surface area contributed by atoms with Crippen molar-refractivity contribution in [2.45, 2.75) is 53.4 Å². The molecule has 2 aromatic rings. The largest absolute Gasteiger partial charge is 0.307 e. The van der Waals surface area contributed by atoms with Crippen LogP contribution in [0.25, 0.3) is 0 Å². The predicted molar refractivity (Wildman–Crippen MR) is 82.9 cm³/mol. The predicted octanol–water partition coefficient (Wildman–Crippen LogP) is 2.53. The second-order valence-corrected chi connectivity index (χ2v) is 4.81. The quantitative estimate of drug-likeness (QED) is 0.854. The molecule has 0 aliphatic heterocycles. The molecule has 0 aliphatic carbocycles. The summed E-state index contributed by atoms with van der Waals surface area (Å²) in [5.41, 5.74) is 3.56. The number of halogens is 1. The Labute approximate surface area is 126 Å². The maximum atomic E-state index is 4.50. The van der Waals surface area contributed by atoms with Crippen LogP contribution >= 0.6 is 12.4 Å². The van der Waals surface area contributed by atoms with E-state index in [0.717, 1.165) is 38.3 Å². The third-order valence-corrected chi connectivity index (χ3v) is 3.07. The second kappa shape index (κ2) is 8.07. The molecule has 2 aromatic heterocycles. The van der Waals surface area contributed by atoms with Gasteiger partial charge < -0.3 is 5.32 Å². The molecule has 0 radical (unpaired) electrons. The highest BCUT2D eigenvalue weighted by atomic mass is 35.5. The van der Waals surface area contributed by atoms with Gasteiger partial charge in [-0.1, -0.05) is 6.92 Å². The molecule has 6 heteroatoms. The van der Waals surface area contributed by atoms with Crippen LogP contribution in [0.3, 0.4) is 0 Å². The summed E-state index contributed by atoms with van der Waals surface area (Å²) in [4.78, 5) is 0. The summed E-state index contributed by atoms with van der Waals surface area (Å²) in [5.74, 6) is 0. The number of hydrogen-bond donors (Lipinski definition) is 1. The van der Waals surface area contributed by atoms with Crippen LogP contribution in [-0.4, -0.2) is 19.6 Å². The molecule has 112 valence electrons. The van der Waals surface area contributed by atoms with Crippen LogP contribution in [0.1, 0.15) is 37.2 Å². The SMILES string of the molecule is CCCn1nc(C)cc1CNCc1cnn(CC)c1.Cl. The second-order valence-electron chi connectivity index (χ2n) is 4.81. The minimum Gasteiger partial charge on any atom is -0.307 e. The van der Waals surface area contributed by atoms with Crippen molar-refractivity contribution >= 4 is 12.4 Å². The van der Waals surface area contributed by atoms with Gasteiger partial charge >= 0.3 is 0 Å². The average molecular weight is 298 g/mol. The van der Waals surface area contributed by atoms with Crippen molar-refractivity contribution in [1.82, 2.24) is 24.9 Å². The molecule has 0 aliphatic rings. The van der Waals surface area contributed by atoms with Gasteiger partial charge in [-0.05, 0) is 26.3 Å². The lowest BCUT2D eigenvalue weighted by Crippen LogP contribution is -2.16. The Hall–Kier alpha value is -1.33. The van der Waals surface area contributed by atoms with E-state index in [0.29, 0.717) is 0 Å². The van der Waals surface area contributed by atoms with Gasteiger partial charge in [-0.3, -0.25) is 9.36 Å². The lowest BCUT2D eigenvalue weighted by Gasteiger charge is -2.06. The van der Waals surface area contributed by atoms with Crippen LogP contribution in [0.4, 0.5) is 0 Å². The van der Waals surface area contributed by atoms with Crippen molar-refractivity contribution in [3.8, 4) is 0 Å². The summed E-state index contributed by atoms with van der Waals surface area (Å²) >= 11 is 0. The van der Waals surface area contributed by atoms with Crippen LogP contribution in [0.15, 0.2) is 18.5 Å². The molecule has 0 saturated heterocycles. The highest BCUT2D eigenvalue weighted by Crippen LogP contribution is 2.05. The van der Waals surface area contributed by atoms with Crippen LogP contribution in [0.5, 0.6) is 0 Å². The first kappa shape index (κ1) is 16.7. The molecule has 0 amide bonds. The molecule has 2 heterocycles. The van der Waals surface area contributed by atoms with Gasteiger partial charge in [0.15, 0.2) is 0 Å². The van der Waals surface area contributed by atoms with Crippen molar-refractivity contribution in [2.24, 2.45) is 0 Å². The molecule has 0 spiro atoms. The molecular formula is C14H24ClN5. The molecule has 0 fully saturated rings. The normalized spacial score (nSPS) is 10.6. The van der Waals surface area contributed by atoms with E-state index in [1.165, 1.54) is 11.3 Å². The molecule has 2 rings (SSSR count). The van der Waals surface area contributed by atoms with Gasteiger partial charge in [-0.25, -0.2) is 0 Å². The number of rotatable bonds is 7. The van der Waals surface area contributed by atoms with Crippen molar-refractivity contribution in [3.05, 3.63) is 35.4 Å². The molecule has 20 heavy (non-hydrogen) atoms. The summed E-state index contributed by atoms with van der Waals surface area (Å²) in [6, 6.07) is 2.15. The summed E-state index contributed by atoms with van der Waals surface area (Å²) in [5, 5.41) is 12.2. The third-order valence-electron chi connectivity index (χ3n) is 3.07. The van der Waals surface area contributed by atoms with Crippen LogP contribution in [0, 0.1) is 6.92 Å². The fourth-order valence-corrected chi connectivity index (χ4v) is 2.15. The number of aryl methyl sites for hydroxylation is 3. The van der Waals surface area contributed by atoms with Crippen LogP contribution in [-0.2, 0) is 26.2 Å². The lowest BCUT2D eigenvalue weighted by atomic mass is 10.3. The molecular weight excluding hydrogens is 274 g/mol. The Morgan fingerprint density at radius 2 is 2.05 bits per heavy atom. The average Bonchev–Trinajstić information content (AvgIpc) is 2.97. The van der Waals surface area contributed by atoms with Crippen LogP contribution in [0.2, 0.25) is 0 Å². The first-order chi connectivity index (χ1) is 9.22. The minimum absolute atomic E-state index is 0. The minimum atomic E-state index is 0. The van der Waals surface area contributed by atoms with Gasteiger partial charge in [-0.15, -0.1) is 12.4 Å². The third kappa shape index (κ3) is 4.35. The van der Waals surface area contributed by atoms with Crippen molar-refractivity contribution in [2.75, 3.05) is 0 Å². The zero-order valence-corrected chi connectivity index (χ0v) is 13.3. The fourth-order valence-electron chi connectivity index (χ4n) is 2.15. The van der Waals surface area contributed by atoms with Gasteiger partial charge in [0, 0.05) is 37.9 Å². The topological polar surface area (TPSA) is 47.7 Å². The maximum absolute atomic E-state index is 4.50. The van der Waals surface area contributed by atoms with Gasteiger partial charge in [0.25, 0.3) is 0 Å². The molecule has 0 unspecified atom stereocenters. The summed E-state index contributed by atoms with van der Waals surface area (Å²) in [6.45, 7) is 9.90. The van der Waals surface area contributed by atoms with Crippen LogP contribution < -0.4 is 5.32 Å². The van der Waals surface area contributed by atoms with Crippen molar-refractivity contribution < 1.29 is 0 Å². The Morgan fingerprint density at radius 3 is 2.70 bits per heavy atom. The standard InChI is InChI=1S/C14H23N5.ClH/c1-4-6-19-14(7-12(3)17-19)10-15-8-13-9-16-18(5-2)11-13;/h7,9,11,15H,4-6,8,10H2,1-3H3;1H. The van der Waals surface area contributed by atoms with E-state index in [1.807, 2.05) is 17.8 Å². The van der Waals surface area contributed by atoms with E-state index >= 15 is 0 Å². The van der Waals surface area contributed by atoms with E-state index in [2.05, 4.69) is 46.3 Å². The summed E-state index contributed by atoms with van der Waals surface area (Å²) < 4.78 is 4.04. The van der Waals surface area contributed by atoms with Crippen molar-refractivity contribution in [3.63, 3.8) is 0 Å².